The van der Waals surface area contributed by atoms with E-state index in [1.165, 1.54) is 6.42 Å². The minimum Gasteiger partial charge on any atom is -0.272 e. The first-order chi connectivity index (χ1) is 4.27. The molecule has 0 aromatic rings. The molecule has 0 amide bonds. The van der Waals surface area contributed by atoms with Gasteiger partial charge in [-0.2, -0.15) is 0 Å². The standard InChI is InChI=1S/C6H12NOS/c7-6(9-8)4-2-1-3-5-6/h1-5,7H2/q+1. The van der Waals surface area contributed by atoms with Gasteiger partial charge in [0.15, 0.2) is 0 Å². The van der Waals surface area contributed by atoms with Crippen LogP contribution < -0.4 is 5.73 Å². The lowest BCUT2D eigenvalue weighted by molar-refractivity contribution is 0.397. The average Bonchev–Trinajstić information content (AvgIpc) is 1.90. The van der Waals surface area contributed by atoms with Gasteiger partial charge in [0.25, 0.3) is 4.87 Å². The average molecular weight is 146 g/mol. The second-order valence-corrected chi connectivity index (χ2v) is 3.69. The Labute approximate surface area is 59.3 Å². The van der Waals surface area contributed by atoms with Crippen LogP contribution in [-0.4, -0.2) is 4.87 Å². The Morgan fingerprint density at radius 1 is 1.22 bits per heavy atom. The van der Waals surface area contributed by atoms with E-state index in [0.29, 0.717) is 11.7 Å². The zero-order valence-electron chi connectivity index (χ0n) is 5.43. The lowest BCUT2D eigenvalue weighted by Crippen LogP contribution is -2.40. The van der Waals surface area contributed by atoms with Gasteiger partial charge in [-0.1, -0.05) is 6.42 Å². The van der Waals surface area contributed by atoms with Crippen molar-refractivity contribution in [2.45, 2.75) is 37.0 Å². The summed E-state index contributed by atoms with van der Waals surface area (Å²) in [7, 11) is 0. The number of hydrogen-bond acceptors (Lipinski definition) is 2. The molecule has 0 unspecified atom stereocenters. The maximum absolute atomic E-state index is 10.4. The van der Waals surface area contributed by atoms with Crippen LogP contribution in [0.5, 0.6) is 0 Å². The molecule has 0 aromatic carbocycles. The van der Waals surface area contributed by atoms with Gasteiger partial charge in [0.2, 0.25) is 0 Å². The van der Waals surface area contributed by atoms with E-state index in [0.717, 1.165) is 25.7 Å². The molecule has 2 N–H and O–H groups in total. The van der Waals surface area contributed by atoms with E-state index in [1.807, 2.05) is 0 Å². The molecule has 0 heterocycles. The van der Waals surface area contributed by atoms with Crippen molar-refractivity contribution in [3.63, 3.8) is 0 Å². The van der Waals surface area contributed by atoms with Crippen LogP contribution in [0.2, 0.25) is 0 Å². The zero-order chi connectivity index (χ0) is 6.74. The van der Waals surface area contributed by atoms with E-state index in [4.69, 9.17) is 5.73 Å². The van der Waals surface area contributed by atoms with Crippen molar-refractivity contribution < 1.29 is 4.21 Å². The van der Waals surface area contributed by atoms with Crippen LogP contribution in [-0.2, 0) is 15.9 Å². The van der Waals surface area contributed by atoms with E-state index >= 15 is 0 Å². The highest BCUT2D eigenvalue weighted by Gasteiger charge is 2.40. The van der Waals surface area contributed by atoms with Crippen LogP contribution in [0.3, 0.4) is 0 Å². The molecule has 0 saturated heterocycles. The third kappa shape index (κ3) is 1.69. The molecule has 0 spiro atoms. The van der Waals surface area contributed by atoms with Crippen molar-refractivity contribution in [2.75, 3.05) is 0 Å². The fourth-order valence-corrected chi connectivity index (χ4v) is 1.69. The molecule has 0 aliphatic heterocycles. The summed E-state index contributed by atoms with van der Waals surface area (Å²) in [6.45, 7) is 0. The summed E-state index contributed by atoms with van der Waals surface area (Å²) in [6, 6.07) is 0. The van der Waals surface area contributed by atoms with E-state index in [9.17, 15) is 4.21 Å². The minimum atomic E-state index is -0.418. The van der Waals surface area contributed by atoms with Gasteiger partial charge in [0.05, 0.1) is 0 Å². The van der Waals surface area contributed by atoms with Gasteiger partial charge in [-0.15, -0.1) is 0 Å². The monoisotopic (exact) mass is 146 g/mol. The highest BCUT2D eigenvalue weighted by molar-refractivity contribution is 7.67. The molecule has 1 fully saturated rings. The maximum Gasteiger partial charge on any atom is 0.482 e. The summed E-state index contributed by atoms with van der Waals surface area (Å²) < 4.78 is 10.4. The molecule has 3 heteroatoms. The molecule has 0 bridgehead atoms. The van der Waals surface area contributed by atoms with E-state index in [-0.39, 0.29) is 0 Å². The first-order valence-electron chi connectivity index (χ1n) is 3.37. The van der Waals surface area contributed by atoms with Crippen molar-refractivity contribution in [1.82, 2.24) is 0 Å². The summed E-state index contributed by atoms with van der Waals surface area (Å²) in [4.78, 5) is -0.418. The van der Waals surface area contributed by atoms with Gasteiger partial charge < -0.3 is 0 Å². The normalized spacial score (nSPS) is 25.4. The highest BCUT2D eigenvalue weighted by Crippen LogP contribution is 2.24. The lowest BCUT2D eigenvalue weighted by atomic mass is 9.96. The molecule has 0 aromatic heterocycles. The van der Waals surface area contributed by atoms with Gasteiger partial charge in [-0.25, -0.2) is 0 Å². The Bertz CT molecular complexity index is 110. The van der Waals surface area contributed by atoms with Crippen LogP contribution in [0.15, 0.2) is 0 Å². The van der Waals surface area contributed by atoms with Crippen LogP contribution in [0.4, 0.5) is 0 Å². The summed E-state index contributed by atoms with van der Waals surface area (Å²) in [5.74, 6) is 0. The lowest BCUT2D eigenvalue weighted by Gasteiger charge is -2.16. The molecule has 1 aliphatic rings. The van der Waals surface area contributed by atoms with Crippen molar-refractivity contribution in [3.8, 4) is 0 Å². The molecule has 1 aliphatic carbocycles. The first kappa shape index (κ1) is 7.09. The zero-order valence-corrected chi connectivity index (χ0v) is 6.25. The SMILES string of the molecule is NC1([S+]=O)CCCCC1. The van der Waals surface area contributed by atoms with Gasteiger partial charge in [0.1, 0.15) is 0 Å². The molecule has 1 rings (SSSR count). The molecule has 1 saturated carbocycles. The van der Waals surface area contributed by atoms with Gasteiger partial charge in [-0.3, -0.25) is 5.73 Å². The topological polar surface area (TPSA) is 43.1 Å². The van der Waals surface area contributed by atoms with Crippen molar-refractivity contribution in [3.05, 3.63) is 0 Å². The van der Waals surface area contributed by atoms with Crippen LogP contribution >= 0.6 is 0 Å². The van der Waals surface area contributed by atoms with Gasteiger partial charge >= 0.3 is 11.7 Å². The third-order valence-corrected chi connectivity index (χ3v) is 2.61. The largest absolute Gasteiger partial charge is 0.482 e. The van der Waals surface area contributed by atoms with Crippen LogP contribution in [0.1, 0.15) is 32.1 Å². The second-order valence-electron chi connectivity index (χ2n) is 2.71. The predicted molar refractivity (Wildman–Crippen MR) is 38.1 cm³/mol. The summed E-state index contributed by atoms with van der Waals surface area (Å²) in [5.41, 5.74) is 5.71. The molecule has 2 nitrogen and oxygen atoms in total. The Morgan fingerprint density at radius 2 is 1.78 bits per heavy atom. The highest BCUT2D eigenvalue weighted by atomic mass is 32.1. The summed E-state index contributed by atoms with van der Waals surface area (Å²) in [6.07, 6.45) is 5.32. The first-order valence-corrected chi connectivity index (χ1v) is 4.11. The number of rotatable bonds is 1. The fraction of sp³-hybridized carbons (Fsp3) is 1.00. The van der Waals surface area contributed by atoms with Crippen molar-refractivity contribution in [1.29, 1.82) is 0 Å². The van der Waals surface area contributed by atoms with Crippen LogP contribution in [0.25, 0.3) is 0 Å². The molecular weight excluding hydrogens is 134 g/mol. The maximum atomic E-state index is 10.4. The van der Waals surface area contributed by atoms with Crippen LogP contribution in [0, 0.1) is 0 Å². The third-order valence-electron chi connectivity index (χ3n) is 1.87. The van der Waals surface area contributed by atoms with Crippen molar-refractivity contribution >= 4 is 11.7 Å². The Morgan fingerprint density at radius 3 is 2.11 bits per heavy atom. The molecular formula is C6H12NOS+. The second kappa shape index (κ2) is 2.71. The van der Waals surface area contributed by atoms with Crippen molar-refractivity contribution in [2.24, 2.45) is 5.73 Å². The Kier molecular flexibility index (Phi) is 2.13. The molecule has 52 valence electrons. The smallest absolute Gasteiger partial charge is 0.272 e. The minimum absolute atomic E-state index is 0.418. The van der Waals surface area contributed by atoms with E-state index in [2.05, 4.69) is 0 Å². The number of hydrogen-bond donors (Lipinski definition) is 1. The van der Waals surface area contributed by atoms with Gasteiger partial charge in [-0.05, 0) is 12.8 Å². The molecule has 0 atom stereocenters. The quantitative estimate of drug-likeness (QED) is 0.443. The Hall–Kier alpha value is -0.0200. The summed E-state index contributed by atoms with van der Waals surface area (Å²) in [5, 5.41) is 0. The fourth-order valence-electron chi connectivity index (χ4n) is 1.23. The molecule has 9 heavy (non-hydrogen) atoms. The summed E-state index contributed by atoms with van der Waals surface area (Å²) >= 11 is 0.576. The van der Waals surface area contributed by atoms with Gasteiger partial charge in [0, 0.05) is 17.1 Å². The molecule has 0 radical (unpaired) electrons. The predicted octanol–water partition coefficient (Wildman–Crippen LogP) is 1.03. The Balaban J connectivity index is 2.46. The van der Waals surface area contributed by atoms with E-state index in [1.54, 1.807) is 0 Å². The number of nitrogens with two attached hydrogens (primary N) is 1. The van der Waals surface area contributed by atoms with E-state index < -0.39 is 4.87 Å².